The van der Waals surface area contributed by atoms with E-state index in [4.69, 9.17) is 9.57 Å². The summed E-state index contributed by atoms with van der Waals surface area (Å²) in [7, 11) is -1.45. The summed E-state index contributed by atoms with van der Waals surface area (Å²) in [6, 6.07) is -0.136. The normalized spacial score (nSPS) is 15.8. The highest BCUT2D eigenvalue weighted by Crippen LogP contribution is 2.32. The standard InChI is InChI=1S/C26H34F7N7O4Si/c1-16(37-19-13-36-40(15-43-9-10-45(2,3)4)23(42)20(19)26(31,32)33)14-44-38-22(41)21(27)17-5-7-39(8-6-17)24-34-11-18(12-35-24)25(28,29)30/h5,11-13,16,21,37H,6-10,14-15H2,1-4H3,(H,38,41)/t16-,21?/m0/s1. The number of rotatable bonds is 13. The van der Waals surface area contributed by atoms with E-state index in [0.717, 1.165) is 12.2 Å². The molecule has 2 aromatic heterocycles. The van der Waals surface area contributed by atoms with Crippen molar-refractivity contribution in [2.75, 3.05) is 36.5 Å². The van der Waals surface area contributed by atoms with E-state index in [1.54, 1.807) is 0 Å². The van der Waals surface area contributed by atoms with Crippen molar-refractivity contribution in [3.05, 3.63) is 51.7 Å². The maximum Gasteiger partial charge on any atom is 0.423 e. The molecule has 0 radical (unpaired) electrons. The van der Waals surface area contributed by atoms with Crippen molar-refractivity contribution in [3.63, 3.8) is 0 Å². The lowest BCUT2D eigenvalue weighted by molar-refractivity contribution is -0.139. The van der Waals surface area contributed by atoms with Crippen molar-refractivity contribution in [1.29, 1.82) is 0 Å². The van der Waals surface area contributed by atoms with Gasteiger partial charge in [-0.25, -0.2) is 24.5 Å². The molecule has 11 nitrogen and oxygen atoms in total. The van der Waals surface area contributed by atoms with E-state index in [-0.39, 0.29) is 37.6 Å². The molecule has 3 heterocycles. The van der Waals surface area contributed by atoms with Crippen LogP contribution in [0.5, 0.6) is 0 Å². The predicted octanol–water partition coefficient (Wildman–Crippen LogP) is 4.41. The molecular formula is C26H34F7N7O4Si. The number of hydroxylamine groups is 1. The van der Waals surface area contributed by atoms with Gasteiger partial charge in [-0.2, -0.15) is 31.4 Å². The number of aromatic nitrogens is 4. The lowest BCUT2D eigenvalue weighted by atomic mass is 10.0. The lowest BCUT2D eigenvalue weighted by Gasteiger charge is -2.27. The van der Waals surface area contributed by atoms with Crippen LogP contribution in [0.2, 0.25) is 25.7 Å². The van der Waals surface area contributed by atoms with Gasteiger partial charge in [0.15, 0.2) is 0 Å². The van der Waals surface area contributed by atoms with Gasteiger partial charge in [0.2, 0.25) is 12.1 Å². The zero-order chi connectivity index (χ0) is 33.6. The van der Waals surface area contributed by atoms with Crippen molar-refractivity contribution in [2.24, 2.45) is 0 Å². The molecule has 2 atom stereocenters. The average Bonchev–Trinajstić information content (AvgIpc) is 2.94. The van der Waals surface area contributed by atoms with Crippen LogP contribution >= 0.6 is 0 Å². The topological polar surface area (TPSA) is 124 Å². The van der Waals surface area contributed by atoms with Gasteiger partial charge in [-0.3, -0.25) is 14.4 Å². The van der Waals surface area contributed by atoms with Crippen molar-refractivity contribution < 1.29 is 45.1 Å². The molecule has 0 bridgehead atoms. The number of nitrogens with one attached hydrogen (secondary N) is 2. The van der Waals surface area contributed by atoms with Crippen molar-refractivity contribution in [3.8, 4) is 0 Å². The number of hydrogen-bond acceptors (Lipinski definition) is 9. The number of alkyl halides is 7. The molecule has 2 N–H and O–H groups in total. The molecule has 1 aliphatic rings. The first-order chi connectivity index (χ1) is 20.9. The van der Waals surface area contributed by atoms with Gasteiger partial charge in [0.05, 0.1) is 24.1 Å². The van der Waals surface area contributed by atoms with Gasteiger partial charge < -0.3 is 15.0 Å². The molecule has 0 saturated carbocycles. The third kappa shape index (κ3) is 10.5. The minimum absolute atomic E-state index is 0.00925. The quantitative estimate of drug-likeness (QED) is 0.105. The van der Waals surface area contributed by atoms with Gasteiger partial charge in [-0.1, -0.05) is 25.7 Å². The van der Waals surface area contributed by atoms with Crippen molar-refractivity contribution in [2.45, 2.75) is 70.3 Å². The first-order valence-corrected chi connectivity index (χ1v) is 17.5. The third-order valence-electron chi connectivity index (χ3n) is 6.49. The van der Waals surface area contributed by atoms with E-state index < -0.39 is 74.3 Å². The van der Waals surface area contributed by atoms with Crippen LogP contribution in [0.3, 0.4) is 0 Å². The first-order valence-electron chi connectivity index (χ1n) is 13.8. The summed E-state index contributed by atoms with van der Waals surface area (Å²) in [6.45, 7) is 7.30. The molecule has 1 aliphatic heterocycles. The van der Waals surface area contributed by atoms with Crippen LogP contribution < -0.4 is 21.3 Å². The van der Waals surface area contributed by atoms with Gasteiger partial charge in [0.25, 0.3) is 11.5 Å². The number of amides is 1. The van der Waals surface area contributed by atoms with Crippen LogP contribution in [0, 0.1) is 0 Å². The molecule has 0 saturated heterocycles. The van der Waals surface area contributed by atoms with Gasteiger partial charge in [-0.05, 0) is 25.0 Å². The Morgan fingerprint density at radius 3 is 2.31 bits per heavy atom. The number of halogens is 7. The summed E-state index contributed by atoms with van der Waals surface area (Å²) in [4.78, 5) is 38.7. The summed E-state index contributed by atoms with van der Waals surface area (Å²) >= 11 is 0. The van der Waals surface area contributed by atoms with E-state index in [1.807, 2.05) is 5.48 Å². The molecule has 250 valence electrons. The molecule has 3 rings (SSSR count). The fourth-order valence-electron chi connectivity index (χ4n) is 3.99. The molecule has 0 aromatic carbocycles. The molecule has 0 fully saturated rings. The van der Waals surface area contributed by atoms with E-state index in [1.165, 1.54) is 17.9 Å². The largest absolute Gasteiger partial charge is 0.423 e. The van der Waals surface area contributed by atoms with Crippen LogP contribution in [0.15, 0.2) is 35.0 Å². The maximum atomic E-state index is 14.8. The van der Waals surface area contributed by atoms with Gasteiger partial charge in [0.1, 0.15) is 12.3 Å². The number of carbonyl (C=O) groups is 1. The Labute approximate surface area is 254 Å². The number of hydrogen-bond donors (Lipinski definition) is 2. The summed E-state index contributed by atoms with van der Waals surface area (Å²) in [6.07, 6.45) is -8.18. The Morgan fingerprint density at radius 2 is 1.76 bits per heavy atom. The van der Waals surface area contributed by atoms with Crippen LogP contribution in [-0.4, -0.2) is 72.2 Å². The highest BCUT2D eigenvalue weighted by atomic mass is 28.3. The fraction of sp³-hybridized carbons (Fsp3) is 0.577. The van der Waals surface area contributed by atoms with Gasteiger partial charge in [-0.15, -0.1) is 0 Å². The fourth-order valence-corrected chi connectivity index (χ4v) is 4.74. The first kappa shape index (κ1) is 35.9. The predicted molar refractivity (Wildman–Crippen MR) is 152 cm³/mol. The molecule has 0 aliphatic carbocycles. The highest BCUT2D eigenvalue weighted by Gasteiger charge is 2.38. The van der Waals surface area contributed by atoms with Crippen LogP contribution in [-0.2, 0) is 33.5 Å². The summed E-state index contributed by atoms with van der Waals surface area (Å²) < 4.78 is 100. The van der Waals surface area contributed by atoms with Crippen molar-refractivity contribution in [1.82, 2.24) is 25.2 Å². The third-order valence-corrected chi connectivity index (χ3v) is 8.20. The monoisotopic (exact) mass is 669 g/mol. The molecule has 1 amide bonds. The summed E-state index contributed by atoms with van der Waals surface area (Å²) in [5.74, 6) is -1.16. The zero-order valence-corrected chi connectivity index (χ0v) is 25.9. The van der Waals surface area contributed by atoms with Gasteiger partial charge in [0, 0.05) is 46.2 Å². The van der Waals surface area contributed by atoms with E-state index in [9.17, 15) is 40.3 Å². The maximum absolute atomic E-state index is 14.8. The lowest BCUT2D eigenvalue weighted by Crippen LogP contribution is -2.39. The number of nitrogens with zero attached hydrogens (tertiary/aromatic N) is 5. The van der Waals surface area contributed by atoms with E-state index in [0.29, 0.717) is 17.1 Å². The molecular weight excluding hydrogens is 635 g/mol. The molecule has 0 spiro atoms. The summed E-state index contributed by atoms with van der Waals surface area (Å²) in [5.41, 5.74) is -2.49. The van der Waals surface area contributed by atoms with E-state index in [2.05, 4.69) is 40.0 Å². The van der Waals surface area contributed by atoms with Crippen molar-refractivity contribution >= 4 is 25.6 Å². The van der Waals surface area contributed by atoms with E-state index >= 15 is 0 Å². The average molecular weight is 670 g/mol. The Bertz CT molecular complexity index is 1400. The number of anilines is 2. The second kappa shape index (κ2) is 14.7. The molecule has 19 heteroatoms. The highest BCUT2D eigenvalue weighted by molar-refractivity contribution is 6.76. The Kier molecular flexibility index (Phi) is 11.7. The Balaban J connectivity index is 1.51. The Hall–Kier alpha value is -3.58. The van der Waals surface area contributed by atoms with Crippen LogP contribution in [0.1, 0.15) is 24.5 Å². The van der Waals surface area contributed by atoms with Crippen LogP contribution in [0.4, 0.5) is 42.4 Å². The molecule has 45 heavy (non-hydrogen) atoms. The smallest absolute Gasteiger partial charge is 0.378 e. The summed E-state index contributed by atoms with van der Waals surface area (Å²) in [5, 5.41) is 6.24. The minimum atomic E-state index is -5.01. The van der Waals surface area contributed by atoms with Crippen LogP contribution in [0.25, 0.3) is 0 Å². The minimum Gasteiger partial charge on any atom is -0.378 e. The molecule has 2 aromatic rings. The second-order valence-corrected chi connectivity index (χ2v) is 17.1. The SMILES string of the molecule is C[C@@H](CONC(=O)C(F)C1=CCN(c2ncc(C(F)(F)F)cn2)CC1)Nc1cnn(COCC[Si](C)(C)C)c(=O)c1C(F)(F)F. The number of carbonyl (C=O) groups excluding carboxylic acids is 1. The molecule has 1 unspecified atom stereocenters. The van der Waals surface area contributed by atoms with Gasteiger partial charge >= 0.3 is 12.4 Å². The Morgan fingerprint density at radius 1 is 1.09 bits per heavy atom. The second-order valence-electron chi connectivity index (χ2n) is 11.5. The number of ether oxygens (including phenoxy) is 1. The zero-order valence-electron chi connectivity index (χ0n) is 24.9.